The van der Waals surface area contributed by atoms with Gasteiger partial charge in [-0.25, -0.2) is 4.79 Å². The molecule has 0 fully saturated rings. The minimum absolute atomic E-state index is 0.218. The molecule has 1 atom stereocenters. The molecule has 166 valence electrons. The molecule has 0 spiro atoms. The lowest BCUT2D eigenvalue weighted by Gasteiger charge is -2.32. The maximum atomic E-state index is 11.4. The van der Waals surface area contributed by atoms with E-state index in [9.17, 15) is 15.0 Å². The lowest BCUT2D eigenvalue weighted by Crippen LogP contribution is -2.32. The minimum Gasteiger partial charge on any atom is -0.491 e. The Bertz CT molecular complexity index is 843. The highest BCUT2D eigenvalue weighted by Gasteiger charge is 2.33. The number of thiophene rings is 1. The van der Waals surface area contributed by atoms with Gasteiger partial charge in [-0.2, -0.15) is 0 Å². The van der Waals surface area contributed by atoms with E-state index < -0.39 is 12.1 Å². The van der Waals surface area contributed by atoms with Gasteiger partial charge < -0.3 is 14.9 Å². The highest BCUT2D eigenvalue weighted by molar-refractivity contribution is 7.14. The lowest BCUT2D eigenvalue weighted by atomic mass is 9.74. The van der Waals surface area contributed by atoms with Crippen LogP contribution < -0.4 is 4.74 Å². The van der Waals surface area contributed by atoms with Crippen LogP contribution in [-0.2, 0) is 11.8 Å². The Labute approximate surface area is 184 Å². The standard InChI is InChI=1S/C25H36O4S/c1-7-10-17-15-18(11-12-19(17)29-16-21(26)24(4,5)6)25(8-2,9-3)22-14-13-20(30-22)23(27)28/h11-15,21,26H,7-10,16H2,1-6H3,(H,27,28). The van der Waals surface area contributed by atoms with E-state index in [1.54, 1.807) is 6.07 Å². The predicted molar refractivity (Wildman–Crippen MR) is 124 cm³/mol. The molecule has 30 heavy (non-hydrogen) atoms. The molecular weight excluding hydrogens is 396 g/mol. The van der Waals surface area contributed by atoms with Crippen molar-refractivity contribution in [3.05, 3.63) is 51.2 Å². The number of hydrogen-bond donors (Lipinski definition) is 2. The zero-order valence-electron chi connectivity index (χ0n) is 19.1. The largest absolute Gasteiger partial charge is 0.491 e. The first kappa shape index (κ1) is 24.4. The molecule has 0 aliphatic carbocycles. The average Bonchev–Trinajstić information content (AvgIpc) is 3.19. The van der Waals surface area contributed by atoms with Crippen LogP contribution >= 0.6 is 11.3 Å². The third-order valence-electron chi connectivity index (χ3n) is 6.02. The fraction of sp³-hybridized carbons (Fsp3) is 0.560. The number of carboxylic acids is 1. The summed E-state index contributed by atoms with van der Waals surface area (Å²) in [5.41, 5.74) is 1.88. The number of aliphatic hydroxyl groups excluding tert-OH is 1. The summed E-state index contributed by atoms with van der Waals surface area (Å²) in [6.07, 6.45) is 3.12. The third-order valence-corrected chi connectivity index (χ3v) is 7.30. The normalized spacial score (nSPS) is 13.3. The van der Waals surface area contributed by atoms with Gasteiger partial charge in [0.15, 0.2) is 0 Å². The van der Waals surface area contributed by atoms with Crippen LogP contribution in [0.2, 0.25) is 0 Å². The summed E-state index contributed by atoms with van der Waals surface area (Å²) in [4.78, 5) is 12.9. The zero-order valence-corrected chi connectivity index (χ0v) is 19.9. The fourth-order valence-corrected chi connectivity index (χ4v) is 4.96. The van der Waals surface area contributed by atoms with Gasteiger partial charge in [-0.15, -0.1) is 11.3 Å². The molecular formula is C25H36O4S. The van der Waals surface area contributed by atoms with Gasteiger partial charge in [-0.05, 0) is 54.0 Å². The molecule has 0 bridgehead atoms. The fourth-order valence-electron chi connectivity index (χ4n) is 3.76. The molecule has 1 aromatic carbocycles. The van der Waals surface area contributed by atoms with E-state index in [-0.39, 0.29) is 17.4 Å². The summed E-state index contributed by atoms with van der Waals surface area (Å²) < 4.78 is 6.03. The van der Waals surface area contributed by atoms with Crippen LogP contribution in [0.15, 0.2) is 30.3 Å². The van der Waals surface area contributed by atoms with Gasteiger partial charge >= 0.3 is 5.97 Å². The molecule has 5 heteroatoms. The number of aromatic carboxylic acids is 1. The van der Waals surface area contributed by atoms with Crippen molar-refractivity contribution in [2.24, 2.45) is 5.41 Å². The topological polar surface area (TPSA) is 66.8 Å². The summed E-state index contributed by atoms with van der Waals surface area (Å²) >= 11 is 1.37. The summed E-state index contributed by atoms with van der Waals surface area (Å²) in [5, 5.41) is 19.7. The van der Waals surface area contributed by atoms with Gasteiger partial charge in [0.05, 0.1) is 6.10 Å². The van der Waals surface area contributed by atoms with Crippen molar-refractivity contribution in [2.75, 3.05) is 6.61 Å². The van der Waals surface area contributed by atoms with Crippen LogP contribution in [0.3, 0.4) is 0 Å². The van der Waals surface area contributed by atoms with Crippen molar-refractivity contribution >= 4 is 17.3 Å². The second-order valence-electron chi connectivity index (χ2n) is 9.02. The van der Waals surface area contributed by atoms with Crippen LogP contribution in [-0.4, -0.2) is 28.9 Å². The van der Waals surface area contributed by atoms with Crippen LogP contribution in [0.4, 0.5) is 0 Å². The van der Waals surface area contributed by atoms with Crippen molar-refractivity contribution < 1.29 is 19.7 Å². The van der Waals surface area contributed by atoms with Crippen LogP contribution in [0.1, 0.15) is 86.5 Å². The summed E-state index contributed by atoms with van der Waals surface area (Å²) in [6.45, 7) is 12.7. The van der Waals surface area contributed by atoms with E-state index >= 15 is 0 Å². The van der Waals surface area contributed by atoms with Crippen molar-refractivity contribution in [1.82, 2.24) is 0 Å². The molecule has 0 radical (unpaired) electrons. The van der Waals surface area contributed by atoms with E-state index in [4.69, 9.17) is 4.74 Å². The van der Waals surface area contributed by atoms with Crippen molar-refractivity contribution in [3.8, 4) is 5.75 Å². The summed E-state index contributed by atoms with van der Waals surface area (Å²) in [5.74, 6) is -0.0532. The molecule has 0 amide bonds. The second kappa shape index (κ2) is 9.97. The quantitative estimate of drug-likeness (QED) is 0.463. The van der Waals surface area contributed by atoms with Gasteiger partial charge in [0.2, 0.25) is 0 Å². The van der Waals surface area contributed by atoms with Gasteiger partial charge in [0.1, 0.15) is 17.2 Å². The first-order valence-corrected chi connectivity index (χ1v) is 11.7. The predicted octanol–water partition coefficient (Wildman–Crippen LogP) is 6.29. The molecule has 0 saturated heterocycles. The van der Waals surface area contributed by atoms with Crippen molar-refractivity contribution in [3.63, 3.8) is 0 Å². The molecule has 0 aliphatic heterocycles. The van der Waals surface area contributed by atoms with Crippen LogP contribution in [0, 0.1) is 5.41 Å². The molecule has 0 aliphatic rings. The minimum atomic E-state index is -0.875. The summed E-state index contributed by atoms with van der Waals surface area (Å²) in [7, 11) is 0. The molecule has 2 N–H and O–H groups in total. The van der Waals surface area contributed by atoms with E-state index in [1.165, 1.54) is 16.9 Å². The van der Waals surface area contributed by atoms with E-state index in [1.807, 2.05) is 32.9 Å². The number of carbonyl (C=O) groups is 1. The smallest absolute Gasteiger partial charge is 0.345 e. The van der Waals surface area contributed by atoms with Gasteiger partial charge in [0.25, 0.3) is 0 Å². The van der Waals surface area contributed by atoms with E-state index in [0.717, 1.165) is 41.9 Å². The maximum absolute atomic E-state index is 11.4. The summed E-state index contributed by atoms with van der Waals surface area (Å²) in [6, 6.07) is 10.0. The first-order chi connectivity index (χ1) is 14.1. The Hall–Kier alpha value is -1.85. The lowest BCUT2D eigenvalue weighted by molar-refractivity contribution is 0.0215. The molecule has 0 saturated carbocycles. The maximum Gasteiger partial charge on any atom is 0.345 e. The van der Waals surface area contributed by atoms with Gasteiger partial charge in [0, 0.05) is 10.3 Å². The number of ether oxygens (including phenoxy) is 1. The highest BCUT2D eigenvalue weighted by atomic mass is 32.1. The molecule has 2 aromatic rings. The number of rotatable bonds is 10. The zero-order chi connectivity index (χ0) is 22.5. The van der Waals surface area contributed by atoms with Crippen molar-refractivity contribution in [1.29, 1.82) is 0 Å². The Morgan fingerprint density at radius 3 is 2.27 bits per heavy atom. The van der Waals surface area contributed by atoms with Gasteiger partial charge in [-0.3, -0.25) is 0 Å². The van der Waals surface area contributed by atoms with Crippen LogP contribution in [0.25, 0.3) is 0 Å². The van der Waals surface area contributed by atoms with E-state index in [2.05, 4.69) is 32.9 Å². The molecule has 4 nitrogen and oxygen atoms in total. The Kier molecular flexibility index (Phi) is 8.12. The first-order valence-electron chi connectivity index (χ1n) is 10.9. The molecule has 1 aromatic heterocycles. The Morgan fingerprint density at radius 1 is 1.10 bits per heavy atom. The molecule has 1 unspecified atom stereocenters. The average molecular weight is 433 g/mol. The van der Waals surface area contributed by atoms with Crippen LogP contribution in [0.5, 0.6) is 5.75 Å². The molecule has 2 rings (SSSR count). The number of aliphatic hydroxyl groups is 1. The Balaban J connectivity index is 2.43. The molecule has 1 heterocycles. The number of carboxylic acid groups (broad SMARTS) is 1. The second-order valence-corrected chi connectivity index (χ2v) is 10.1. The third kappa shape index (κ3) is 5.25. The highest BCUT2D eigenvalue weighted by Crippen LogP contribution is 2.43. The number of hydrogen-bond acceptors (Lipinski definition) is 4. The SMILES string of the molecule is CCCc1cc(C(CC)(CC)c2ccc(C(=O)O)s2)ccc1OCC(O)C(C)(C)C. The van der Waals surface area contributed by atoms with Gasteiger partial charge in [-0.1, -0.05) is 60.1 Å². The number of aryl methyl sites for hydroxylation is 1. The van der Waals surface area contributed by atoms with E-state index in [0.29, 0.717) is 4.88 Å². The van der Waals surface area contributed by atoms with Crippen molar-refractivity contribution in [2.45, 2.75) is 78.7 Å². The Morgan fingerprint density at radius 2 is 1.77 bits per heavy atom. The number of benzene rings is 1. The monoisotopic (exact) mass is 432 g/mol.